The Balaban J connectivity index is 3.62. The maximum Gasteiger partial charge on any atom is 0.222 e. The predicted octanol–water partition coefficient (Wildman–Crippen LogP) is 13.8. The molecule has 0 aromatic carbocycles. The minimum Gasteiger partial charge on any atom is -0.394 e. The second-order valence-corrected chi connectivity index (χ2v) is 16.4. The summed E-state index contributed by atoms with van der Waals surface area (Å²) in [4.78, 5) is 12.5. The molecule has 0 radical (unpaired) electrons. The highest BCUT2D eigenvalue weighted by molar-refractivity contribution is 5.76. The Bertz CT molecular complexity index is 784. The quantitative estimate of drug-likeness (QED) is 0.0369. The van der Waals surface area contributed by atoms with E-state index in [-0.39, 0.29) is 18.9 Å². The first kappa shape index (κ1) is 51.8. The first-order valence-corrected chi connectivity index (χ1v) is 23.6. The van der Waals surface area contributed by atoms with Crippen LogP contribution in [0.3, 0.4) is 0 Å². The van der Waals surface area contributed by atoms with Gasteiger partial charge in [-0.05, 0) is 44.9 Å². The average Bonchev–Trinajstić information content (AvgIpc) is 3.15. The van der Waals surface area contributed by atoms with E-state index in [2.05, 4.69) is 43.5 Å². The van der Waals surface area contributed by atoms with Crippen LogP contribution in [0.2, 0.25) is 0 Å². The van der Waals surface area contributed by atoms with Crippen molar-refractivity contribution in [2.45, 2.75) is 270 Å². The van der Waals surface area contributed by atoms with Gasteiger partial charge in [-0.3, -0.25) is 4.79 Å². The van der Waals surface area contributed by atoms with Crippen LogP contribution < -0.4 is 5.32 Å². The molecule has 314 valence electrons. The van der Waals surface area contributed by atoms with Crippen molar-refractivity contribution in [1.29, 1.82) is 0 Å². The molecule has 0 saturated heterocycles. The van der Waals surface area contributed by atoms with E-state index in [1.807, 2.05) is 0 Å². The van der Waals surface area contributed by atoms with Gasteiger partial charge in [0.05, 0.1) is 31.3 Å². The number of aliphatic hydroxyl groups excluding tert-OH is 3. The van der Waals surface area contributed by atoms with E-state index in [1.54, 1.807) is 0 Å². The minimum atomic E-state index is -0.752. The lowest BCUT2D eigenvalue weighted by atomic mass is 10.0. The molecule has 0 aromatic heterocycles. The van der Waals surface area contributed by atoms with Gasteiger partial charge >= 0.3 is 0 Å². The molecule has 0 aliphatic heterocycles. The Morgan fingerprint density at radius 2 is 0.811 bits per heavy atom. The van der Waals surface area contributed by atoms with Crippen LogP contribution in [0, 0.1) is 0 Å². The molecule has 53 heavy (non-hydrogen) atoms. The van der Waals surface area contributed by atoms with Crippen molar-refractivity contribution in [1.82, 2.24) is 5.32 Å². The lowest BCUT2D eigenvalue weighted by Gasteiger charge is -2.23. The monoisotopic (exact) mass is 748 g/mol. The molecule has 1 amide bonds. The zero-order valence-corrected chi connectivity index (χ0v) is 35.7. The summed E-state index contributed by atoms with van der Waals surface area (Å²) in [5.74, 6) is -0.289. The van der Waals surface area contributed by atoms with Crippen molar-refractivity contribution < 1.29 is 20.1 Å². The predicted molar refractivity (Wildman–Crippen MR) is 231 cm³/mol. The second-order valence-electron chi connectivity index (χ2n) is 16.4. The van der Waals surface area contributed by atoms with Crippen LogP contribution in [0.15, 0.2) is 24.3 Å². The molecule has 3 unspecified atom stereocenters. The summed E-state index contributed by atoms with van der Waals surface area (Å²) < 4.78 is 0. The van der Waals surface area contributed by atoms with Gasteiger partial charge in [0.25, 0.3) is 0 Å². The molecule has 4 N–H and O–H groups in total. The summed E-state index contributed by atoms with van der Waals surface area (Å²) in [5, 5.41) is 33.5. The third-order valence-electron chi connectivity index (χ3n) is 11.0. The Hall–Kier alpha value is -1.17. The molecule has 0 rings (SSSR count). The van der Waals surface area contributed by atoms with Gasteiger partial charge in [-0.2, -0.15) is 0 Å². The number of carbonyl (C=O) groups excluding carboxylic acids is 1. The zero-order valence-electron chi connectivity index (χ0n) is 35.7. The maximum atomic E-state index is 12.5. The van der Waals surface area contributed by atoms with Crippen LogP contribution in [-0.4, -0.2) is 46.1 Å². The molecular weight excluding hydrogens is 655 g/mol. The van der Waals surface area contributed by atoms with Gasteiger partial charge in [0.2, 0.25) is 5.91 Å². The van der Waals surface area contributed by atoms with Gasteiger partial charge in [-0.1, -0.05) is 224 Å². The number of rotatable bonds is 43. The molecule has 0 aromatic rings. The fourth-order valence-corrected chi connectivity index (χ4v) is 7.38. The fraction of sp³-hybridized carbons (Fsp3) is 0.896. The van der Waals surface area contributed by atoms with Crippen molar-refractivity contribution in [2.75, 3.05) is 6.61 Å². The summed E-state index contributed by atoms with van der Waals surface area (Å²) in [7, 11) is 0. The zero-order chi connectivity index (χ0) is 38.7. The van der Waals surface area contributed by atoms with E-state index < -0.39 is 18.2 Å². The third kappa shape index (κ3) is 40.3. The first-order chi connectivity index (χ1) is 26.0. The molecule has 5 heteroatoms. The Kier molecular flexibility index (Phi) is 42.6. The van der Waals surface area contributed by atoms with Gasteiger partial charge < -0.3 is 20.6 Å². The fourth-order valence-electron chi connectivity index (χ4n) is 7.38. The third-order valence-corrected chi connectivity index (χ3v) is 11.0. The van der Waals surface area contributed by atoms with E-state index in [0.29, 0.717) is 12.8 Å². The number of nitrogens with one attached hydrogen (secondary N) is 1. The van der Waals surface area contributed by atoms with Crippen LogP contribution in [0.1, 0.15) is 251 Å². The molecule has 0 spiro atoms. The molecule has 0 heterocycles. The number of aliphatic hydroxyl groups is 3. The van der Waals surface area contributed by atoms with Crippen LogP contribution in [0.25, 0.3) is 0 Å². The highest BCUT2D eigenvalue weighted by Gasteiger charge is 2.21. The first-order valence-electron chi connectivity index (χ1n) is 23.6. The standard InChI is InChI=1S/C48H93NO4/c1-3-5-7-9-11-13-15-17-19-21-22-23-24-26-27-29-31-33-35-37-39-41-45(51)43-48(53)49-46(44-50)47(52)42-40-38-36-34-32-30-28-25-20-18-16-14-12-10-8-6-4-2/h22-23,26-27,45-47,50-52H,3-21,24-25,28-44H2,1-2H3,(H,49,53)/b23-22-,27-26-. The highest BCUT2D eigenvalue weighted by Crippen LogP contribution is 2.16. The van der Waals surface area contributed by atoms with Gasteiger partial charge in [0.15, 0.2) is 0 Å². The molecule has 0 aliphatic rings. The molecule has 0 fully saturated rings. The summed E-state index contributed by atoms with van der Waals surface area (Å²) in [6.45, 7) is 4.27. The van der Waals surface area contributed by atoms with E-state index in [1.165, 1.54) is 173 Å². The molecule has 0 bridgehead atoms. The molecular formula is C48H93NO4. The van der Waals surface area contributed by atoms with Crippen molar-refractivity contribution in [3.63, 3.8) is 0 Å². The Labute approximate surface area is 331 Å². The Morgan fingerprint density at radius 3 is 1.19 bits per heavy atom. The number of unbranched alkanes of at least 4 members (excludes halogenated alkanes) is 30. The highest BCUT2D eigenvalue weighted by atomic mass is 16.3. The van der Waals surface area contributed by atoms with Gasteiger partial charge in [0, 0.05) is 0 Å². The average molecular weight is 748 g/mol. The molecule has 0 saturated carbocycles. The van der Waals surface area contributed by atoms with Crippen LogP contribution >= 0.6 is 0 Å². The number of hydrogen-bond acceptors (Lipinski definition) is 4. The SMILES string of the molecule is CCCCCCCCCCC/C=C\C/C=C\CCCCCCCC(O)CC(=O)NC(CO)C(O)CCCCCCCCCCCCCCCCCCC. The lowest BCUT2D eigenvalue weighted by molar-refractivity contribution is -0.125. The normalized spacial score (nSPS) is 13.7. The van der Waals surface area contributed by atoms with Gasteiger partial charge in [0.1, 0.15) is 0 Å². The van der Waals surface area contributed by atoms with Crippen molar-refractivity contribution >= 4 is 5.91 Å². The summed E-state index contributed by atoms with van der Waals surface area (Å²) in [5.41, 5.74) is 0. The smallest absolute Gasteiger partial charge is 0.222 e. The molecule has 5 nitrogen and oxygen atoms in total. The van der Waals surface area contributed by atoms with E-state index in [0.717, 1.165) is 44.9 Å². The van der Waals surface area contributed by atoms with Gasteiger partial charge in [-0.25, -0.2) is 0 Å². The summed E-state index contributed by atoms with van der Waals surface area (Å²) in [6.07, 6.45) is 52.9. The van der Waals surface area contributed by atoms with Crippen molar-refractivity contribution in [2.24, 2.45) is 0 Å². The molecule has 3 atom stereocenters. The largest absolute Gasteiger partial charge is 0.394 e. The molecule has 0 aliphatic carbocycles. The second kappa shape index (κ2) is 43.6. The minimum absolute atomic E-state index is 0.0286. The van der Waals surface area contributed by atoms with E-state index in [4.69, 9.17) is 0 Å². The van der Waals surface area contributed by atoms with Crippen LogP contribution in [0.5, 0.6) is 0 Å². The number of carbonyl (C=O) groups is 1. The van der Waals surface area contributed by atoms with Crippen molar-refractivity contribution in [3.8, 4) is 0 Å². The Morgan fingerprint density at radius 1 is 0.472 bits per heavy atom. The number of allylic oxidation sites excluding steroid dienone is 4. The maximum absolute atomic E-state index is 12.5. The van der Waals surface area contributed by atoms with Crippen LogP contribution in [0.4, 0.5) is 0 Å². The number of amides is 1. The topological polar surface area (TPSA) is 89.8 Å². The van der Waals surface area contributed by atoms with Crippen LogP contribution in [-0.2, 0) is 4.79 Å². The lowest BCUT2D eigenvalue weighted by Crippen LogP contribution is -2.46. The van der Waals surface area contributed by atoms with Gasteiger partial charge in [-0.15, -0.1) is 0 Å². The number of hydrogen-bond donors (Lipinski definition) is 4. The van der Waals surface area contributed by atoms with E-state index >= 15 is 0 Å². The summed E-state index contributed by atoms with van der Waals surface area (Å²) in [6, 6.07) is -0.662. The summed E-state index contributed by atoms with van der Waals surface area (Å²) >= 11 is 0. The van der Waals surface area contributed by atoms with Crippen molar-refractivity contribution in [3.05, 3.63) is 24.3 Å². The van der Waals surface area contributed by atoms with E-state index in [9.17, 15) is 20.1 Å².